The van der Waals surface area contributed by atoms with E-state index in [4.69, 9.17) is 9.47 Å². The molecule has 1 heterocycles. The van der Waals surface area contributed by atoms with Gasteiger partial charge in [0.25, 0.3) is 11.6 Å². The van der Waals surface area contributed by atoms with Gasteiger partial charge in [-0.25, -0.2) is 5.43 Å². The van der Waals surface area contributed by atoms with E-state index in [1.807, 2.05) is 35.9 Å². The van der Waals surface area contributed by atoms with E-state index < -0.39 is 16.5 Å². The summed E-state index contributed by atoms with van der Waals surface area (Å²) >= 11 is 1.39. The summed E-state index contributed by atoms with van der Waals surface area (Å²) in [5.74, 6) is -0.352. The molecule has 0 aliphatic rings. The van der Waals surface area contributed by atoms with Crippen molar-refractivity contribution in [3.63, 3.8) is 0 Å². The maximum absolute atomic E-state index is 12.5. The molecule has 2 aromatic carbocycles. The number of thiazole rings is 1. The third-order valence-electron chi connectivity index (χ3n) is 3.91. The zero-order chi connectivity index (χ0) is 19.6. The summed E-state index contributed by atoms with van der Waals surface area (Å²) in [6, 6.07) is 10.1. The molecule has 0 aliphatic carbocycles. The first kappa shape index (κ1) is 18.4. The van der Waals surface area contributed by atoms with Crippen LogP contribution in [0, 0.1) is 10.1 Å². The number of ether oxygens (including phenoxy) is 2. The molecule has 27 heavy (non-hydrogen) atoms. The number of carbonyl (C=O) groups excluding carboxylic acids is 1. The van der Waals surface area contributed by atoms with Crippen molar-refractivity contribution in [2.75, 3.05) is 14.2 Å². The summed E-state index contributed by atoms with van der Waals surface area (Å²) in [5, 5.41) is 15.4. The van der Waals surface area contributed by atoms with E-state index in [2.05, 4.69) is 10.5 Å². The van der Waals surface area contributed by atoms with Crippen LogP contribution in [0.15, 0.2) is 41.5 Å². The number of aromatic nitrogens is 1. The first-order valence-electron chi connectivity index (χ1n) is 7.75. The molecule has 10 heteroatoms. The smallest absolute Gasteiger partial charge is 0.286 e. The highest BCUT2D eigenvalue weighted by atomic mass is 32.1. The molecule has 0 saturated carbocycles. The number of nitro groups is 1. The molecule has 1 N–H and O–H groups in total. The van der Waals surface area contributed by atoms with Crippen LogP contribution in [0.5, 0.6) is 11.5 Å². The summed E-state index contributed by atoms with van der Waals surface area (Å²) in [5.41, 5.74) is 2.76. The number of carbonyl (C=O) groups is 1. The van der Waals surface area contributed by atoms with Gasteiger partial charge in [-0.3, -0.25) is 14.9 Å². The Morgan fingerprint density at radius 1 is 1.22 bits per heavy atom. The van der Waals surface area contributed by atoms with Gasteiger partial charge in [0.05, 0.1) is 35.4 Å². The molecule has 0 unspecified atom stereocenters. The van der Waals surface area contributed by atoms with Crippen LogP contribution in [0.25, 0.3) is 10.2 Å². The highest BCUT2D eigenvalue weighted by molar-refractivity contribution is 7.16. The van der Waals surface area contributed by atoms with E-state index in [0.717, 1.165) is 16.3 Å². The lowest BCUT2D eigenvalue weighted by Gasteiger charge is -2.09. The number of nitrogens with zero attached hydrogens (tertiary/aromatic N) is 3. The maximum atomic E-state index is 12.5. The van der Waals surface area contributed by atoms with E-state index in [0.29, 0.717) is 4.80 Å². The minimum atomic E-state index is -0.722. The second-order valence-electron chi connectivity index (χ2n) is 5.45. The average molecular weight is 388 g/mol. The molecule has 140 valence electrons. The topological polar surface area (TPSA) is 108 Å². The third kappa shape index (κ3) is 3.47. The molecule has 9 nitrogen and oxygen atoms in total. The van der Waals surface area contributed by atoms with E-state index in [1.54, 1.807) is 0 Å². The van der Waals surface area contributed by atoms with Crippen LogP contribution >= 0.6 is 11.3 Å². The van der Waals surface area contributed by atoms with Gasteiger partial charge in [0.15, 0.2) is 11.5 Å². The Hall–Kier alpha value is -3.40. The number of hydrogen-bond acceptors (Lipinski definition) is 7. The Morgan fingerprint density at radius 2 is 1.89 bits per heavy atom. The quantitative estimate of drug-likeness (QED) is 0.533. The second kappa shape index (κ2) is 7.46. The Kier molecular flexibility index (Phi) is 5.08. The standard InChI is InChI=1S/C17H16N4O5S/c1-20-11-6-4-5-7-15(11)27-17(20)19-18-16(22)10-8-13(25-2)14(26-3)9-12(10)21(23)24/h4-9H,1-3H3,(H,18,22)/b19-17-. The van der Waals surface area contributed by atoms with Crippen molar-refractivity contribution >= 4 is 33.1 Å². The highest BCUT2D eigenvalue weighted by Crippen LogP contribution is 2.34. The zero-order valence-corrected chi connectivity index (χ0v) is 15.6. The third-order valence-corrected chi connectivity index (χ3v) is 5.02. The van der Waals surface area contributed by atoms with Crippen LogP contribution in [0.3, 0.4) is 0 Å². The van der Waals surface area contributed by atoms with Crippen molar-refractivity contribution in [2.24, 2.45) is 12.1 Å². The van der Waals surface area contributed by atoms with Crippen molar-refractivity contribution in [3.8, 4) is 11.5 Å². The summed E-state index contributed by atoms with van der Waals surface area (Å²) in [4.78, 5) is 23.8. The predicted molar refractivity (Wildman–Crippen MR) is 100 cm³/mol. The van der Waals surface area contributed by atoms with Crippen LogP contribution in [-0.4, -0.2) is 29.6 Å². The number of nitrogens with one attached hydrogen (secondary N) is 1. The number of para-hydroxylation sites is 1. The predicted octanol–water partition coefficient (Wildman–Crippen LogP) is 2.41. The van der Waals surface area contributed by atoms with Gasteiger partial charge in [-0.05, 0) is 12.1 Å². The van der Waals surface area contributed by atoms with Crippen LogP contribution in [-0.2, 0) is 7.05 Å². The molecule has 0 bridgehead atoms. The van der Waals surface area contributed by atoms with Gasteiger partial charge in [0.1, 0.15) is 5.56 Å². The van der Waals surface area contributed by atoms with Gasteiger partial charge in [-0.1, -0.05) is 23.5 Å². The Bertz CT molecular complexity index is 1100. The molecule has 0 spiro atoms. The van der Waals surface area contributed by atoms with Gasteiger partial charge in [-0.15, -0.1) is 5.10 Å². The Balaban J connectivity index is 2.00. The number of benzene rings is 2. The number of rotatable bonds is 5. The van der Waals surface area contributed by atoms with E-state index in [1.165, 1.54) is 31.6 Å². The summed E-state index contributed by atoms with van der Waals surface area (Å²) in [7, 11) is 4.56. The molecule has 0 atom stereocenters. The molecule has 1 amide bonds. The normalized spacial score (nSPS) is 11.4. The Labute approximate surface area is 157 Å². The van der Waals surface area contributed by atoms with Gasteiger partial charge in [0.2, 0.25) is 4.80 Å². The van der Waals surface area contributed by atoms with Gasteiger partial charge in [-0.2, -0.15) is 0 Å². The number of amides is 1. The molecule has 0 aliphatic heterocycles. The monoisotopic (exact) mass is 388 g/mol. The fourth-order valence-electron chi connectivity index (χ4n) is 2.55. The van der Waals surface area contributed by atoms with Gasteiger partial charge in [0, 0.05) is 13.1 Å². The SMILES string of the molecule is COc1cc(C(=O)N/N=c2\sc3ccccc3n2C)c([N+](=O)[O-])cc1OC. The maximum Gasteiger partial charge on any atom is 0.286 e. The number of aryl methyl sites for hydroxylation is 1. The molecule has 3 aromatic rings. The lowest BCUT2D eigenvalue weighted by molar-refractivity contribution is -0.385. The summed E-state index contributed by atoms with van der Waals surface area (Å²) < 4.78 is 13.0. The number of hydrogen-bond donors (Lipinski definition) is 1. The minimum Gasteiger partial charge on any atom is -0.493 e. The average Bonchev–Trinajstić information content (AvgIpc) is 3.00. The van der Waals surface area contributed by atoms with Gasteiger partial charge >= 0.3 is 0 Å². The van der Waals surface area contributed by atoms with Crippen molar-refractivity contribution in [1.82, 2.24) is 9.99 Å². The highest BCUT2D eigenvalue weighted by Gasteiger charge is 2.24. The van der Waals surface area contributed by atoms with E-state index in [-0.39, 0.29) is 17.1 Å². The lowest BCUT2D eigenvalue weighted by atomic mass is 10.1. The van der Waals surface area contributed by atoms with Gasteiger partial charge < -0.3 is 14.0 Å². The molecule has 3 rings (SSSR count). The van der Waals surface area contributed by atoms with Crippen LogP contribution in [0.2, 0.25) is 0 Å². The molecule has 0 saturated heterocycles. The lowest BCUT2D eigenvalue weighted by Crippen LogP contribution is -2.24. The summed E-state index contributed by atoms with van der Waals surface area (Å²) in [6.45, 7) is 0. The van der Waals surface area contributed by atoms with Crippen molar-refractivity contribution in [1.29, 1.82) is 0 Å². The van der Waals surface area contributed by atoms with Crippen LogP contribution in [0.1, 0.15) is 10.4 Å². The zero-order valence-electron chi connectivity index (χ0n) is 14.8. The first-order chi connectivity index (χ1) is 13.0. The minimum absolute atomic E-state index is 0.161. The van der Waals surface area contributed by atoms with E-state index >= 15 is 0 Å². The molecular weight excluding hydrogens is 372 g/mol. The first-order valence-corrected chi connectivity index (χ1v) is 8.57. The Morgan fingerprint density at radius 3 is 2.52 bits per heavy atom. The molecule has 0 radical (unpaired) electrons. The van der Waals surface area contributed by atoms with Crippen molar-refractivity contribution in [3.05, 3.63) is 56.9 Å². The van der Waals surface area contributed by atoms with E-state index in [9.17, 15) is 14.9 Å². The summed E-state index contributed by atoms with van der Waals surface area (Å²) in [6.07, 6.45) is 0. The van der Waals surface area contributed by atoms with Crippen molar-refractivity contribution in [2.45, 2.75) is 0 Å². The number of fused-ring (bicyclic) bond motifs is 1. The fourth-order valence-corrected chi connectivity index (χ4v) is 3.53. The van der Waals surface area contributed by atoms with Crippen LogP contribution in [0.4, 0.5) is 5.69 Å². The second-order valence-corrected chi connectivity index (χ2v) is 6.45. The molecule has 1 aromatic heterocycles. The fraction of sp³-hybridized carbons (Fsp3) is 0.176. The largest absolute Gasteiger partial charge is 0.493 e. The van der Waals surface area contributed by atoms with Crippen LogP contribution < -0.4 is 19.7 Å². The number of methoxy groups -OCH3 is 2. The number of nitro benzene ring substituents is 1. The van der Waals surface area contributed by atoms with Crippen molar-refractivity contribution < 1.29 is 19.2 Å². The molecular formula is C17H16N4O5S. The molecule has 0 fully saturated rings.